The van der Waals surface area contributed by atoms with Gasteiger partial charge in [-0.05, 0) is 60.6 Å². The Hall–Kier alpha value is -3.01. The average Bonchev–Trinajstić information content (AvgIpc) is 3.18. The molecule has 2 fully saturated rings. The number of ether oxygens (including phenoxy) is 1. The van der Waals surface area contributed by atoms with Gasteiger partial charge < -0.3 is 14.7 Å². The van der Waals surface area contributed by atoms with E-state index in [1.54, 1.807) is 7.11 Å². The molecule has 204 valence electrons. The molecule has 0 aliphatic carbocycles. The molecule has 2 saturated heterocycles. The largest absolute Gasteiger partial charge is 0.507 e. The lowest BCUT2D eigenvalue weighted by Crippen LogP contribution is -2.35. The van der Waals surface area contributed by atoms with Gasteiger partial charge in [0.2, 0.25) is 10.0 Å². The average molecular weight is 541 g/mol. The highest BCUT2D eigenvalue weighted by Crippen LogP contribution is 2.40. The quantitative estimate of drug-likeness (QED) is 0.218. The summed E-state index contributed by atoms with van der Waals surface area (Å²) < 4.78 is 32.7. The number of benzene rings is 2. The molecule has 9 heteroatoms. The molecule has 2 aliphatic heterocycles. The SMILES string of the molecule is COCCCN1C(=O)C(=O)/C(=C(/O)c2ccc(S(=O)(=O)N3CCCCC3)cc2)C1c1ccc(C(C)C)cc1. The Kier molecular flexibility index (Phi) is 8.70. The molecule has 8 nitrogen and oxygen atoms in total. The zero-order valence-corrected chi connectivity index (χ0v) is 23.0. The zero-order chi connectivity index (χ0) is 27.4. The molecule has 38 heavy (non-hydrogen) atoms. The summed E-state index contributed by atoms with van der Waals surface area (Å²) in [6.07, 6.45) is 3.22. The number of methoxy groups -OCH3 is 1. The molecule has 0 radical (unpaired) electrons. The first-order valence-electron chi connectivity index (χ1n) is 13.1. The van der Waals surface area contributed by atoms with Crippen molar-refractivity contribution in [2.45, 2.75) is 56.4 Å². The fraction of sp³-hybridized carbons (Fsp3) is 0.448. The van der Waals surface area contributed by atoms with E-state index < -0.39 is 27.8 Å². The molecule has 2 aromatic rings. The number of hydrogen-bond acceptors (Lipinski definition) is 6. The van der Waals surface area contributed by atoms with Crippen LogP contribution in [-0.2, 0) is 24.3 Å². The molecule has 0 aromatic heterocycles. The molecule has 2 aromatic carbocycles. The van der Waals surface area contributed by atoms with E-state index in [9.17, 15) is 23.1 Å². The van der Waals surface area contributed by atoms with Crippen LogP contribution in [0.4, 0.5) is 0 Å². The fourth-order valence-corrected chi connectivity index (χ4v) is 6.61. The van der Waals surface area contributed by atoms with E-state index in [-0.39, 0.29) is 21.8 Å². The van der Waals surface area contributed by atoms with Gasteiger partial charge in [-0.25, -0.2) is 8.42 Å². The van der Waals surface area contributed by atoms with Gasteiger partial charge in [-0.1, -0.05) is 44.5 Å². The van der Waals surface area contributed by atoms with Crippen molar-refractivity contribution in [1.29, 1.82) is 0 Å². The lowest BCUT2D eigenvalue weighted by Gasteiger charge is -2.26. The molecular weight excluding hydrogens is 504 g/mol. The Morgan fingerprint density at radius 2 is 1.63 bits per heavy atom. The van der Waals surface area contributed by atoms with Crippen molar-refractivity contribution in [3.8, 4) is 0 Å². The number of Topliss-reactive ketones (excluding diaryl/α,β-unsaturated/α-hetero) is 1. The minimum Gasteiger partial charge on any atom is -0.507 e. The van der Waals surface area contributed by atoms with Crippen LogP contribution in [0, 0.1) is 0 Å². The molecule has 1 unspecified atom stereocenters. The highest BCUT2D eigenvalue weighted by Gasteiger charge is 2.45. The van der Waals surface area contributed by atoms with E-state index in [0.717, 1.165) is 30.4 Å². The number of likely N-dealkylation sites (tertiary alicyclic amines) is 1. The lowest BCUT2D eigenvalue weighted by atomic mass is 9.93. The zero-order valence-electron chi connectivity index (χ0n) is 22.2. The van der Waals surface area contributed by atoms with E-state index in [0.29, 0.717) is 38.6 Å². The van der Waals surface area contributed by atoms with E-state index in [2.05, 4.69) is 13.8 Å². The molecule has 2 aliphatic rings. The van der Waals surface area contributed by atoms with Crippen molar-refractivity contribution in [2.24, 2.45) is 0 Å². The summed E-state index contributed by atoms with van der Waals surface area (Å²) in [4.78, 5) is 27.9. The summed E-state index contributed by atoms with van der Waals surface area (Å²) in [7, 11) is -2.06. The molecule has 2 heterocycles. The lowest BCUT2D eigenvalue weighted by molar-refractivity contribution is -0.140. The molecule has 1 amide bonds. The number of sulfonamides is 1. The fourth-order valence-electron chi connectivity index (χ4n) is 5.09. The predicted octanol–water partition coefficient (Wildman–Crippen LogP) is 4.44. The Morgan fingerprint density at radius 3 is 2.21 bits per heavy atom. The highest BCUT2D eigenvalue weighted by molar-refractivity contribution is 7.89. The van der Waals surface area contributed by atoms with E-state index >= 15 is 0 Å². The van der Waals surface area contributed by atoms with Crippen LogP contribution >= 0.6 is 0 Å². The third kappa shape index (κ3) is 5.55. The first kappa shape index (κ1) is 28.0. The maximum absolute atomic E-state index is 13.2. The van der Waals surface area contributed by atoms with Gasteiger partial charge in [0.15, 0.2) is 0 Å². The van der Waals surface area contributed by atoms with E-state index in [4.69, 9.17) is 4.74 Å². The number of piperidine rings is 1. The summed E-state index contributed by atoms with van der Waals surface area (Å²) in [5.74, 6) is -1.44. The first-order valence-corrected chi connectivity index (χ1v) is 14.6. The maximum Gasteiger partial charge on any atom is 0.295 e. The van der Waals surface area contributed by atoms with Crippen LogP contribution in [0.1, 0.15) is 68.2 Å². The van der Waals surface area contributed by atoms with Crippen LogP contribution in [-0.4, -0.2) is 67.8 Å². The first-order chi connectivity index (χ1) is 18.2. The topological polar surface area (TPSA) is 104 Å². The van der Waals surface area contributed by atoms with Gasteiger partial charge in [0.05, 0.1) is 16.5 Å². The third-order valence-electron chi connectivity index (χ3n) is 7.29. The number of aliphatic hydroxyl groups excluding tert-OH is 1. The normalized spacial score (nSPS) is 20.4. The van der Waals surface area contributed by atoms with Crippen LogP contribution in [0.15, 0.2) is 59.0 Å². The second-order valence-corrected chi connectivity index (χ2v) is 12.1. The number of carbonyl (C=O) groups is 2. The van der Waals surface area contributed by atoms with E-state index in [1.165, 1.54) is 33.5 Å². The molecule has 0 bridgehead atoms. The standard InChI is InChI=1S/C29H36N2O6S/c1-20(2)21-8-10-22(11-9-21)26-25(28(33)29(34)31(26)18-7-19-37-3)27(32)23-12-14-24(15-13-23)38(35,36)30-16-5-4-6-17-30/h8-15,20,26,32H,4-7,16-19H2,1-3H3/b27-25+. The van der Waals surface area contributed by atoms with Crippen LogP contribution < -0.4 is 0 Å². The third-order valence-corrected chi connectivity index (χ3v) is 9.20. The minimum atomic E-state index is -3.64. The number of hydrogen-bond donors (Lipinski definition) is 1. The highest BCUT2D eigenvalue weighted by atomic mass is 32.2. The molecule has 0 spiro atoms. The Balaban J connectivity index is 1.72. The monoisotopic (exact) mass is 540 g/mol. The number of aliphatic hydroxyl groups is 1. The summed E-state index contributed by atoms with van der Waals surface area (Å²) >= 11 is 0. The van der Waals surface area contributed by atoms with Crippen molar-refractivity contribution in [1.82, 2.24) is 9.21 Å². The summed E-state index contributed by atoms with van der Waals surface area (Å²) in [5.41, 5.74) is 2.12. The summed E-state index contributed by atoms with van der Waals surface area (Å²) in [5, 5.41) is 11.3. The van der Waals surface area contributed by atoms with Crippen LogP contribution in [0.5, 0.6) is 0 Å². The number of amides is 1. The summed E-state index contributed by atoms with van der Waals surface area (Å²) in [6, 6.07) is 12.8. The van der Waals surface area contributed by atoms with Gasteiger partial charge in [-0.15, -0.1) is 0 Å². The van der Waals surface area contributed by atoms with Gasteiger partial charge >= 0.3 is 0 Å². The second-order valence-electron chi connectivity index (χ2n) is 10.1. The van der Waals surface area contributed by atoms with E-state index in [1.807, 2.05) is 24.3 Å². The van der Waals surface area contributed by atoms with Crippen molar-refractivity contribution in [3.05, 3.63) is 70.8 Å². The van der Waals surface area contributed by atoms with Crippen molar-refractivity contribution in [3.63, 3.8) is 0 Å². The number of rotatable bonds is 9. The Morgan fingerprint density at radius 1 is 1.00 bits per heavy atom. The van der Waals surface area contributed by atoms with Crippen LogP contribution in [0.3, 0.4) is 0 Å². The van der Waals surface area contributed by atoms with Crippen LogP contribution in [0.25, 0.3) is 5.76 Å². The summed E-state index contributed by atoms with van der Waals surface area (Å²) in [6.45, 7) is 5.87. The van der Waals surface area contributed by atoms with Gasteiger partial charge in [0.25, 0.3) is 11.7 Å². The smallest absolute Gasteiger partial charge is 0.295 e. The minimum absolute atomic E-state index is 0.00338. The molecular formula is C29H36N2O6S. The number of nitrogens with zero attached hydrogens (tertiary/aromatic N) is 2. The van der Waals surface area contributed by atoms with Crippen molar-refractivity contribution in [2.75, 3.05) is 33.4 Å². The van der Waals surface area contributed by atoms with Crippen molar-refractivity contribution >= 4 is 27.5 Å². The number of carbonyl (C=O) groups excluding carboxylic acids is 2. The van der Waals surface area contributed by atoms with Crippen LogP contribution in [0.2, 0.25) is 0 Å². The molecule has 1 atom stereocenters. The molecule has 4 rings (SSSR count). The van der Waals surface area contributed by atoms with Gasteiger partial charge in [0.1, 0.15) is 5.76 Å². The van der Waals surface area contributed by atoms with Gasteiger partial charge in [-0.3, -0.25) is 9.59 Å². The second kappa shape index (κ2) is 11.8. The maximum atomic E-state index is 13.2. The predicted molar refractivity (Wildman–Crippen MR) is 145 cm³/mol. The van der Waals surface area contributed by atoms with Gasteiger partial charge in [0, 0.05) is 38.9 Å². The molecule has 1 N–H and O–H groups in total. The Labute approximate surface area is 225 Å². The Bertz CT molecular complexity index is 1290. The van der Waals surface area contributed by atoms with Gasteiger partial charge in [-0.2, -0.15) is 4.31 Å². The van der Waals surface area contributed by atoms with Crippen molar-refractivity contribution < 1.29 is 27.9 Å². The molecule has 0 saturated carbocycles. The number of ketones is 1.